The number of nitrogens with zero attached hydrogens (tertiary/aromatic N) is 2. The Hall–Kier alpha value is -0.100. The highest BCUT2D eigenvalue weighted by atomic mass is 127. The maximum Gasteiger partial charge on any atom is 0.0846 e. The molecule has 0 radical (unpaired) electrons. The van der Waals surface area contributed by atoms with Gasteiger partial charge in [0.15, 0.2) is 0 Å². The summed E-state index contributed by atoms with van der Waals surface area (Å²) in [5.41, 5.74) is 7.43. The van der Waals surface area contributed by atoms with Gasteiger partial charge in [-0.15, -0.1) is 0 Å². The molecule has 0 fully saturated rings. The second kappa shape index (κ2) is 2.66. The molecule has 9 heavy (non-hydrogen) atoms. The lowest BCUT2D eigenvalue weighted by molar-refractivity contribution is 0.923. The van der Waals surface area contributed by atoms with Crippen LogP contribution in [0.15, 0.2) is 6.07 Å². The number of halogens is 1. The molecular formula is C5H8IN3. The van der Waals surface area contributed by atoms with Crippen LogP contribution in [-0.2, 0) is 6.54 Å². The molecule has 50 valence electrons. The quantitative estimate of drug-likeness (QED) is 0.736. The molecule has 0 aromatic carbocycles. The molecular weight excluding hydrogens is 229 g/mol. The average molecular weight is 237 g/mol. The SMILES string of the molecule is Cc1cc(CN)nn1I. The minimum atomic E-state index is 0.525. The predicted molar refractivity (Wildman–Crippen MR) is 44.3 cm³/mol. The standard InChI is InChI=1S/C5H8IN3/c1-4-2-5(3-7)8-9(4)6/h2H,3,7H2,1H3. The Morgan fingerprint density at radius 1 is 1.89 bits per heavy atom. The van der Waals surface area contributed by atoms with Crippen LogP contribution in [0, 0.1) is 6.92 Å². The van der Waals surface area contributed by atoms with E-state index in [1.54, 1.807) is 2.90 Å². The van der Waals surface area contributed by atoms with E-state index < -0.39 is 0 Å². The minimum Gasteiger partial charge on any atom is -0.325 e. The molecule has 0 saturated carbocycles. The Morgan fingerprint density at radius 3 is 2.78 bits per heavy atom. The lowest BCUT2D eigenvalue weighted by Crippen LogP contribution is -1.96. The van der Waals surface area contributed by atoms with Gasteiger partial charge in [0.1, 0.15) is 0 Å². The van der Waals surface area contributed by atoms with Gasteiger partial charge in [-0.05, 0) is 13.0 Å². The van der Waals surface area contributed by atoms with Gasteiger partial charge in [-0.1, -0.05) is 0 Å². The van der Waals surface area contributed by atoms with Crippen molar-refractivity contribution in [1.29, 1.82) is 0 Å². The van der Waals surface area contributed by atoms with Crippen molar-refractivity contribution in [2.75, 3.05) is 0 Å². The molecule has 0 atom stereocenters. The zero-order valence-electron chi connectivity index (χ0n) is 5.13. The average Bonchev–Trinajstić information content (AvgIpc) is 2.13. The van der Waals surface area contributed by atoms with Crippen LogP contribution >= 0.6 is 22.9 Å². The Morgan fingerprint density at radius 2 is 2.56 bits per heavy atom. The lowest BCUT2D eigenvalue weighted by atomic mass is 10.4. The summed E-state index contributed by atoms with van der Waals surface area (Å²) in [6, 6.07) is 1.98. The molecule has 4 heteroatoms. The summed E-state index contributed by atoms with van der Waals surface area (Å²) >= 11 is 2.12. The second-order valence-corrected chi connectivity index (χ2v) is 2.76. The summed E-state index contributed by atoms with van der Waals surface area (Å²) in [4.78, 5) is 0. The fourth-order valence-corrected chi connectivity index (χ4v) is 1.03. The molecule has 0 aliphatic carbocycles. The Balaban J connectivity index is 2.98. The molecule has 1 aromatic heterocycles. The van der Waals surface area contributed by atoms with Gasteiger partial charge in [-0.25, -0.2) is 2.90 Å². The minimum absolute atomic E-state index is 0.525. The van der Waals surface area contributed by atoms with Crippen molar-refractivity contribution in [1.82, 2.24) is 7.99 Å². The van der Waals surface area contributed by atoms with Gasteiger partial charge >= 0.3 is 0 Å². The Kier molecular flexibility index (Phi) is 2.07. The van der Waals surface area contributed by atoms with Gasteiger partial charge in [0.05, 0.1) is 28.6 Å². The molecule has 1 aromatic rings. The summed E-state index contributed by atoms with van der Waals surface area (Å²) in [6.45, 7) is 2.52. The summed E-state index contributed by atoms with van der Waals surface area (Å²) < 4.78 is 1.79. The zero-order valence-corrected chi connectivity index (χ0v) is 7.29. The van der Waals surface area contributed by atoms with E-state index in [1.165, 1.54) is 0 Å². The summed E-state index contributed by atoms with van der Waals surface area (Å²) in [5, 5.41) is 4.11. The fraction of sp³-hybridized carbons (Fsp3) is 0.400. The predicted octanol–water partition coefficient (Wildman–Crippen LogP) is 0.848. The number of aryl methyl sites for hydroxylation is 1. The summed E-state index contributed by atoms with van der Waals surface area (Å²) in [5.74, 6) is 0. The summed E-state index contributed by atoms with van der Waals surface area (Å²) in [7, 11) is 0. The highest BCUT2D eigenvalue weighted by molar-refractivity contribution is 14.1. The van der Waals surface area contributed by atoms with E-state index in [2.05, 4.69) is 28.0 Å². The van der Waals surface area contributed by atoms with Crippen molar-refractivity contribution in [3.63, 3.8) is 0 Å². The monoisotopic (exact) mass is 237 g/mol. The maximum atomic E-state index is 5.35. The number of nitrogens with two attached hydrogens (primary N) is 1. The normalized spacial score (nSPS) is 10.1. The molecule has 0 amide bonds. The number of hydrogen-bond acceptors (Lipinski definition) is 2. The third kappa shape index (κ3) is 1.42. The van der Waals surface area contributed by atoms with Gasteiger partial charge in [0.2, 0.25) is 0 Å². The highest BCUT2D eigenvalue weighted by Crippen LogP contribution is 2.04. The van der Waals surface area contributed by atoms with Crippen molar-refractivity contribution in [3.8, 4) is 0 Å². The van der Waals surface area contributed by atoms with Crippen LogP contribution in [0.5, 0.6) is 0 Å². The van der Waals surface area contributed by atoms with Crippen LogP contribution < -0.4 is 5.73 Å². The second-order valence-electron chi connectivity index (χ2n) is 1.84. The van der Waals surface area contributed by atoms with Gasteiger partial charge < -0.3 is 5.73 Å². The van der Waals surface area contributed by atoms with Crippen LogP contribution in [0.25, 0.3) is 0 Å². The van der Waals surface area contributed by atoms with Gasteiger partial charge in [-0.3, -0.25) is 0 Å². The molecule has 2 N–H and O–H groups in total. The first-order chi connectivity index (χ1) is 4.24. The van der Waals surface area contributed by atoms with E-state index in [9.17, 15) is 0 Å². The van der Waals surface area contributed by atoms with Gasteiger partial charge in [0.25, 0.3) is 0 Å². The van der Waals surface area contributed by atoms with Gasteiger partial charge in [0, 0.05) is 12.2 Å². The lowest BCUT2D eigenvalue weighted by Gasteiger charge is -1.84. The molecule has 1 heterocycles. The Labute approximate surface area is 67.7 Å². The van der Waals surface area contributed by atoms with E-state index in [0.717, 1.165) is 11.4 Å². The van der Waals surface area contributed by atoms with E-state index in [-0.39, 0.29) is 0 Å². The first-order valence-electron chi connectivity index (χ1n) is 2.66. The molecule has 0 bridgehead atoms. The highest BCUT2D eigenvalue weighted by Gasteiger charge is 1.97. The molecule has 0 saturated heterocycles. The fourth-order valence-electron chi connectivity index (χ4n) is 0.615. The third-order valence-electron chi connectivity index (χ3n) is 1.09. The third-order valence-corrected chi connectivity index (χ3v) is 2.07. The van der Waals surface area contributed by atoms with Crippen LogP contribution in [0.3, 0.4) is 0 Å². The molecule has 0 unspecified atom stereocenters. The van der Waals surface area contributed by atoms with Gasteiger partial charge in [-0.2, -0.15) is 5.10 Å². The van der Waals surface area contributed by atoms with E-state index in [1.807, 2.05) is 13.0 Å². The number of aromatic nitrogens is 2. The van der Waals surface area contributed by atoms with E-state index in [0.29, 0.717) is 6.54 Å². The number of hydrogen-bond donors (Lipinski definition) is 1. The smallest absolute Gasteiger partial charge is 0.0846 e. The summed E-state index contributed by atoms with van der Waals surface area (Å²) in [6.07, 6.45) is 0. The largest absolute Gasteiger partial charge is 0.325 e. The molecule has 0 aliphatic rings. The van der Waals surface area contributed by atoms with Crippen molar-refractivity contribution in [2.24, 2.45) is 5.73 Å². The van der Waals surface area contributed by atoms with E-state index in [4.69, 9.17) is 5.73 Å². The maximum absolute atomic E-state index is 5.35. The molecule has 0 spiro atoms. The first-order valence-corrected chi connectivity index (χ1v) is 3.62. The first kappa shape index (κ1) is 7.01. The molecule has 0 aliphatic heterocycles. The topological polar surface area (TPSA) is 43.8 Å². The molecule has 1 rings (SSSR count). The number of rotatable bonds is 1. The van der Waals surface area contributed by atoms with Crippen molar-refractivity contribution in [3.05, 3.63) is 17.5 Å². The van der Waals surface area contributed by atoms with Crippen molar-refractivity contribution in [2.45, 2.75) is 13.5 Å². The van der Waals surface area contributed by atoms with Crippen LogP contribution in [0.2, 0.25) is 0 Å². The van der Waals surface area contributed by atoms with Crippen molar-refractivity contribution >= 4 is 22.9 Å². The van der Waals surface area contributed by atoms with Crippen LogP contribution in [0.4, 0.5) is 0 Å². The van der Waals surface area contributed by atoms with Crippen molar-refractivity contribution < 1.29 is 0 Å². The van der Waals surface area contributed by atoms with E-state index >= 15 is 0 Å². The van der Waals surface area contributed by atoms with Crippen LogP contribution in [0.1, 0.15) is 11.4 Å². The zero-order chi connectivity index (χ0) is 6.85. The Bertz CT molecular complexity index is 186. The van der Waals surface area contributed by atoms with Crippen LogP contribution in [-0.4, -0.2) is 7.99 Å². The molecule has 3 nitrogen and oxygen atoms in total.